The average Bonchev–Trinajstić information content (AvgIpc) is 2.68. The summed E-state index contributed by atoms with van der Waals surface area (Å²) >= 11 is 0. The van der Waals surface area contributed by atoms with Gasteiger partial charge in [-0.25, -0.2) is 8.42 Å². The van der Waals surface area contributed by atoms with Gasteiger partial charge >= 0.3 is 0 Å². The van der Waals surface area contributed by atoms with Gasteiger partial charge in [-0.3, -0.25) is 4.79 Å². The highest BCUT2D eigenvalue weighted by molar-refractivity contribution is 7.89. The van der Waals surface area contributed by atoms with Gasteiger partial charge in [0.25, 0.3) is 5.91 Å². The van der Waals surface area contributed by atoms with Crippen molar-refractivity contribution < 1.29 is 17.9 Å². The molecule has 7 nitrogen and oxygen atoms in total. The highest BCUT2D eigenvalue weighted by atomic mass is 32.2. The largest absolute Gasteiger partial charge is 0.379 e. The number of nitrogens with zero attached hydrogens (tertiary/aromatic N) is 2. The van der Waals surface area contributed by atoms with E-state index in [0.29, 0.717) is 56.6 Å². The number of benzene rings is 1. The predicted octanol–water partition coefficient (Wildman–Crippen LogP) is 0.840. The molecule has 3 rings (SSSR count). The zero-order valence-electron chi connectivity index (χ0n) is 15.4. The Morgan fingerprint density at radius 3 is 2.42 bits per heavy atom. The maximum absolute atomic E-state index is 13.0. The number of carbonyl (C=O) groups is 1. The van der Waals surface area contributed by atoms with Crippen molar-refractivity contribution in [1.82, 2.24) is 14.5 Å². The van der Waals surface area contributed by atoms with Crippen molar-refractivity contribution in [2.24, 2.45) is 0 Å². The van der Waals surface area contributed by atoms with Crippen LogP contribution in [-0.4, -0.2) is 76.0 Å². The van der Waals surface area contributed by atoms with Crippen LogP contribution in [0.3, 0.4) is 0 Å². The fourth-order valence-electron chi connectivity index (χ4n) is 3.49. The minimum absolute atomic E-state index is 0.0991. The first-order valence-electron chi connectivity index (χ1n) is 9.08. The molecule has 0 bridgehead atoms. The summed E-state index contributed by atoms with van der Waals surface area (Å²) < 4.78 is 32.6. The number of piperidine rings is 1. The van der Waals surface area contributed by atoms with E-state index >= 15 is 0 Å². The first-order chi connectivity index (χ1) is 12.4. The van der Waals surface area contributed by atoms with E-state index in [0.717, 1.165) is 12.8 Å². The Labute approximate surface area is 155 Å². The molecule has 0 saturated carbocycles. The minimum Gasteiger partial charge on any atom is -0.379 e. The number of rotatable bonds is 4. The summed E-state index contributed by atoms with van der Waals surface area (Å²) in [6.45, 7) is 4.62. The summed E-state index contributed by atoms with van der Waals surface area (Å²) in [5.74, 6) is -0.0991. The molecule has 0 radical (unpaired) electrons. The van der Waals surface area contributed by atoms with E-state index in [2.05, 4.69) is 5.32 Å². The van der Waals surface area contributed by atoms with Gasteiger partial charge in [-0.1, -0.05) is 6.07 Å². The van der Waals surface area contributed by atoms with Crippen molar-refractivity contribution in [2.75, 3.05) is 46.4 Å². The molecule has 2 saturated heterocycles. The second-order valence-electron chi connectivity index (χ2n) is 6.85. The molecule has 1 aromatic carbocycles. The Bertz CT molecular complexity index is 752. The van der Waals surface area contributed by atoms with Crippen LogP contribution in [0.25, 0.3) is 0 Å². The highest BCUT2D eigenvalue weighted by Gasteiger charge is 2.29. The summed E-state index contributed by atoms with van der Waals surface area (Å²) in [7, 11) is -1.68. The molecule has 0 unspecified atom stereocenters. The third-order valence-corrected chi connectivity index (χ3v) is 7.25. The Kier molecular flexibility index (Phi) is 5.96. The molecular weight excluding hydrogens is 354 g/mol. The van der Waals surface area contributed by atoms with Crippen molar-refractivity contribution in [1.29, 1.82) is 0 Å². The molecule has 0 aliphatic carbocycles. The zero-order valence-corrected chi connectivity index (χ0v) is 16.2. The SMILES string of the molecule is CNC1CCN(C(=O)c2ccc(C)c(S(=O)(=O)N3CCOCC3)c2)CC1. The van der Waals surface area contributed by atoms with Crippen LogP contribution in [0.2, 0.25) is 0 Å². The summed E-state index contributed by atoms with van der Waals surface area (Å²) in [4.78, 5) is 14.9. The van der Waals surface area contributed by atoms with Crippen LogP contribution in [0.5, 0.6) is 0 Å². The van der Waals surface area contributed by atoms with Crippen LogP contribution >= 0.6 is 0 Å². The van der Waals surface area contributed by atoms with Gasteiger partial charge in [-0.2, -0.15) is 4.31 Å². The van der Waals surface area contributed by atoms with Crippen molar-refractivity contribution >= 4 is 15.9 Å². The molecule has 2 fully saturated rings. The third-order valence-electron chi connectivity index (χ3n) is 5.21. The monoisotopic (exact) mass is 381 g/mol. The Hall–Kier alpha value is -1.48. The smallest absolute Gasteiger partial charge is 0.253 e. The summed E-state index contributed by atoms with van der Waals surface area (Å²) in [6, 6.07) is 5.42. The summed E-state index contributed by atoms with van der Waals surface area (Å²) in [6.07, 6.45) is 1.82. The second kappa shape index (κ2) is 8.04. The lowest BCUT2D eigenvalue weighted by molar-refractivity contribution is 0.0706. The van der Waals surface area contributed by atoms with E-state index in [1.165, 1.54) is 10.4 Å². The van der Waals surface area contributed by atoms with Gasteiger partial charge < -0.3 is 15.0 Å². The molecule has 2 aliphatic heterocycles. The van der Waals surface area contributed by atoms with E-state index in [9.17, 15) is 13.2 Å². The molecule has 2 heterocycles. The van der Waals surface area contributed by atoms with Gasteiger partial charge in [0.2, 0.25) is 10.0 Å². The Balaban J connectivity index is 1.82. The number of hydrogen-bond acceptors (Lipinski definition) is 5. The molecular formula is C18H27N3O4S. The van der Waals surface area contributed by atoms with E-state index in [1.807, 2.05) is 11.9 Å². The molecule has 1 N–H and O–H groups in total. The standard InChI is InChI=1S/C18H27N3O4S/c1-14-3-4-15(18(22)20-7-5-16(19-2)6-8-20)13-17(14)26(23,24)21-9-11-25-12-10-21/h3-4,13,16,19H,5-12H2,1-2H3. The quantitative estimate of drug-likeness (QED) is 0.836. The van der Waals surface area contributed by atoms with Crippen molar-refractivity contribution in [3.63, 3.8) is 0 Å². The number of aryl methyl sites for hydroxylation is 1. The first kappa shape index (κ1) is 19.3. The second-order valence-corrected chi connectivity index (χ2v) is 8.76. The van der Waals surface area contributed by atoms with Gasteiger partial charge in [0.1, 0.15) is 0 Å². The number of carbonyl (C=O) groups excluding carboxylic acids is 1. The summed E-state index contributed by atoms with van der Waals surface area (Å²) in [5.41, 5.74) is 1.09. The molecule has 8 heteroatoms. The van der Waals surface area contributed by atoms with Crippen LogP contribution in [0.4, 0.5) is 0 Å². The number of nitrogens with one attached hydrogen (secondary N) is 1. The first-order valence-corrected chi connectivity index (χ1v) is 10.5. The van der Waals surface area contributed by atoms with Gasteiger partial charge in [-0.05, 0) is 44.5 Å². The number of likely N-dealkylation sites (tertiary alicyclic amines) is 1. The molecule has 26 heavy (non-hydrogen) atoms. The van der Waals surface area contributed by atoms with Crippen molar-refractivity contribution in [3.8, 4) is 0 Å². The molecule has 0 atom stereocenters. The minimum atomic E-state index is -3.62. The molecule has 0 spiro atoms. The Morgan fingerprint density at radius 2 is 1.81 bits per heavy atom. The van der Waals surface area contributed by atoms with Crippen LogP contribution in [-0.2, 0) is 14.8 Å². The van der Waals surface area contributed by atoms with Crippen molar-refractivity contribution in [3.05, 3.63) is 29.3 Å². The van der Waals surface area contributed by atoms with Crippen LogP contribution in [0.15, 0.2) is 23.1 Å². The topological polar surface area (TPSA) is 79.0 Å². The van der Waals surface area contributed by atoms with E-state index < -0.39 is 10.0 Å². The lowest BCUT2D eigenvalue weighted by Crippen LogP contribution is -2.44. The number of amides is 1. The average molecular weight is 381 g/mol. The highest BCUT2D eigenvalue weighted by Crippen LogP contribution is 2.23. The molecule has 0 aromatic heterocycles. The van der Waals surface area contributed by atoms with Crippen LogP contribution in [0, 0.1) is 6.92 Å². The number of ether oxygens (including phenoxy) is 1. The van der Waals surface area contributed by atoms with Gasteiger partial charge in [-0.15, -0.1) is 0 Å². The van der Waals surface area contributed by atoms with E-state index in [1.54, 1.807) is 19.1 Å². The molecule has 144 valence electrons. The third kappa shape index (κ3) is 3.93. The van der Waals surface area contributed by atoms with Gasteiger partial charge in [0.05, 0.1) is 18.1 Å². The van der Waals surface area contributed by atoms with Crippen molar-refractivity contribution in [2.45, 2.75) is 30.7 Å². The number of hydrogen-bond donors (Lipinski definition) is 1. The van der Waals surface area contributed by atoms with Gasteiger partial charge in [0, 0.05) is 37.8 Å². The summed E-state index contributed by atoms with van der Waals surface area (Å²) in [5, 5.41) is 3.24. The molecule has 1 amide bonds. The lowest BCUT2D eigenvalue weighted by atomic mass is 10.0. The molecule has 2 aliphatic rings. The predicted molar refractivity (Wildman–Crippen MR) is 98.7 cm³/mol. The Morgan fingerprint density at radius 1 is 1.15 bits per heavy atom. The lowest BCUT2D eigenvalue weighted by Gasteiger charge is -2.32. The number of sulfonamides is 1. The normalized spacial score (nSPS) is 20.3. The number of morpholine rings is 1. The maximum atomic E-state index is 13.0. The van der Waals surface area contributed by atoms with E-state index in [-0.39, 0.29) is 10.8 Å². The van der Waals surface area contributed by atoms with E-state index in [4.69, 9.17) is 4.74 Å². The van der Waals surface area contributed by atoms with Crippen LogP contribution < -0.4 is 5.32 Å². The fourth-order valence-corrected chi connectivity index (χ4v) is 5.15. The fraction of sp³-hybridized carbons (Fsp3) is 0.611. The van der Waals surface area contributed by atoms with Gasteiger partial charge in [0.15, 0.2) is 0 Å². The molecule has 1 aromatic rings. The maximum Gasteiger partial charge on any atom is 0.253 e. The zero-order chi connectivity index (χ0) is 18.7. The van der Waals surface area contributed by atoms with Crippen LogP contribution in [0.1, 0.15) is 28.8 Å².